The molecular weight excluding hydrogens is 242 g/mol. The molecule has 2 aliphatic rings. The minimum Gasteiger partial charge on any atom is -0.286 e. The van der Waals surface area contributed by atoms with Crippen molar-refractivity contribution in [2.24, 2.45) is 0 Å². The number of fused-ring (bicyclic) bond motifs is 6. The van der Waals surface area contributed by atoms with Crippen molar-refractivity contribution in [3.8, 4) is 11.4 Å². The number of carbonyl (C=O) groups excluding carboxylic acids is 1. The van der Waals surface area contributed by atoms with Gasteiger partial charge in [0.05, 0.1) is 5.69 Å². The number of carbonyl (C=O) groups is 1. The van der Waals surface area contributed by atoms with Gasteiger partial charge in [-0.1, -0.05) is 12.1 Å². The van der Waals surface area contributed by atoms with Gasteiger partial charge in [-0.05, 0) is 42.3 Å². The first-order chi connectivity index (χ1) is 9.22. The Morgan fingerprint density at radius 3 is 3.05 bits per heavy atom. The van der Waals surface area contributed by atoms with E-state index in [4.69, 9.17) is 0 Å². The number of amides is 1. The van der Waals surface area contributed by atoms with E-state index in [0.29, 0.717) is 6.42 Å². The average Bonchev–Trinajstić information content (AvgIpc) is 2.89. The van der Waals surface area contributed by atoms with E-state index in [9.17, 15) is 4.79 Å². The highest BCUT2D eigenvalue weighted by atomic mass is 16.2. The van der Waals surface area contributed by atoms with Gasteiger partial charge in [-0.25, -0.2) is 0 Å². The summed E-state index contributed by atoms with van der Waals surface area (Å²) in [5, 5.41) is 12.0. The molecule has 19 heavy (non-hydrogen) atoms. The van der Waals surface area contributed by atoms with E-state index in [2.05, 4.69) is 15.5 Å². The Labute approximate surface area is 110 Å². The fourth-order valence-corrected chi connectivity index (χ4v) is 3.20. The number of hydrogen-bond donors (Lipinski definition) is 0. The molecule has 6 nitrogen and oxygen atoms in total. The van der Waals surface area contributed by atoms with E-state index in [1.165, 1.54) is 0 Å². The Hall–Kier alpha value is -2.24. The molecular formula is C13H13N5O. The molecule has 0 spiro atoms. The first-order valence-electron chi connectivity index (χ1n) is 6.43. The number of benzene rings is 1. The largest absolute Gasteiger partial charge is 0.286 e. The second kappa shape index (κ2) is 3.40. The van der Waals surface area contributed by atoms with Crippen LogP contribution in [-0.2, 0) is 10.5 Å². The van der Waals surface area contributed by atoms with E-state index < -0.39 is 5.66 Å². The maximum Gasteiger partial charge on any atom is 0.228 e. The number of anilines is 1. The van der Waals surface area contributed by atoms with Crippen LogP contribution in [0, 0.1) is 0 Å². The Kier molecular flexibility index (Phi) is 1.91. The van der Waals surface area contributed by atoms with Crippen molar-refractivity contribution >= 4 is 11.6 Å². The van der Waals surface area contributed by atoms with Crippen molar-refractivity contribution in [1.82, 2.24) is 20.2 Å². The maximum atomic E-state index is 12.4. The van der Waals surface area contributed by atoms with Gasteiger partial charge in [0, 0.05) is 12.0 Å². The predicted molar refractivity (Wildman–Crippen MR) is 68.2 cm³/mol. The molecule has 2 aliphatic heterocycles. The van der Waals surface area contributed by atoms with Crippen LogP contribution < -0.4 is 4.90 Å². The summed E-state index contributed by atoms with van der Waals surface area (Å²) in [6.07, 6.45) is 2.32. The second-order valence-electron chi connectivity index (χ2n) is 5.23. The maximum absolute atomic E-state index is 12.4. The van der Waals surface area contributed by atoms with Crippen LogP contribution in [-0.4, -0.2) is 26.1 Å². The number of para-hydroxylation sites is 1. The standard InChI is InChI=1S/C13H13N5O/c1-13-8-4-7-11(19)17(13)10-6-3-2-5-9(10)12-14-15-16-18(12)13/h2-3,5-6H,4,7-8H2,1H3. The number of nitrogens with zero attached hydrogens (tertiary/aromatic N) is 5. The summed E-state index contributed by atoms with van der Waals surface area (Å²) in [5.74, 6) is 0.881. The van der Waals surface area contributed by atoms with Crippen LogP contribution in [0.1, 0.15) is 26.2 Å². The van der Waals surface area contributed by atoms with E-state index in [-0.39, 0.29) is 5.91 Å². The monoisotopic (exact) mass is 255 g/mol. The number of tetrazole rings is 1. The van der Waals surface area contributed by atoms with Crippen molar-refractivity contribution in [3.05, 3.63) is 24.3 Å². The van der Waals surface area contributed by atoms with E-state index in [1.54, 1.807) is 4.68 Å². The number of aromatic nitrogens is 4. The Bertz CT molecular complexity index is 679. The molecule has 0 aliphatic carbocycles. The van der Waals surface area contributed by atoms with Gasteiger partial charge in [0.1, 0.15) is 5.66 Å². The molecule has 2 aromatic rings. The van der Waals surface area contributed by atoms with Gasteiger partial charge in [-0.3, -0.25) is 9.69 Å². The first kappa shape index (κ1) is 10.7. The summed E-state index contributed by atoms with van der Waals surface area (Å²) in [7, 11) is 0. The summed E-state index contributed by atoms with van der Waals surface area (Å²) >= 11 is 0. The average molecular weight is 255 g/mol. The van der Waals surface area contributed by atoms with Crippen LogP contribution in [0.5, 0.6) is 0 Å². The Balaban J connectivity index is 2.06. The molecule has 0 bridgehead atoms. The van der Waals surface area contributed by atoms with Crippen LogP contribution in [0.3, 0.4) is 0 Å². The van der Waals surface area contributed by atoms with Crippen LogP contribution in [0.15, 0.2) is 24.3 Å². The molecule has 0 N–H and O–H groups in total. The van der Waals surface area contributed by atoms with Crippen LogP contribution in [0.25, 0.3) is 11.4 Å². The summed E-state index contributed by atoms with van der Waals surface area (Å²) in [4.78, 5) is 14.2. The van der Waals surface area contributed by atoms with Gasteiger partial charge in [0.2, 0.25) is 5.91 Å². The molecule has 1 saturated heterocycles. The van der Waals surface area contributed by atoms with E-state index >= 15 is 0 Å². The van der Waals surface area contributed by atoms with E-state index in [1.807, 2.05) is 36.1 Å². The minimum absolute atomic E-state index is 0.141. The third-order valence-electron chi connectivity index (χ3n) is 4.08. The smallest absolute Gasteiger partial charge is 0.228 e. The van der Waals surface area contributed by atoms with Crippen molar-refractivity contribution in [1.29, 1.82) is 0 Å². The Morgan fingerprint density at radius 2 is 2.16 bits per heavy atom. The van der Waals surface area contributed by atoms with Gasteiger partial charge in [-0.2, -0.15) is 4.68 Å². The third kappa shape index (κ3) is 1.21. The van der Waals surface area contributed by atoms with Gasteiger partial charge >= 0.3 is 0 Å². The fraction of sp³-hybridized carbons (Fsp3) is 0.385. The zero-order chi connectivity index (χ0) is 13.0. The van der Waals surface area contributed by atoms with Crippen LogP contribution in [0.2, 0.25) is 0 Å². The van der Waals surface area contributed by atoms with Crippen molar-refractivity contribution in [3.63, 3.8) is 0 Å². The fourth-order valence-electron chi connectivity index (χ4n) is 3.20. The molecule has 1 atom stereocenters. The molecule has 3 heterocycles. The summed E-state index contributed by atoms with van der Waals surface area (Å²) < 4.78 is 1.78. The summed E-state index contributed by atoms with van der Waals surface area (Å²) in [6, 6.07) is 7.81. The zero-order valence-electron chi connectivity index (χ0n) is 10.6. The molecule has 6 heteroatoms. The molecule has 4 rings (SSSR count). The lowest BCUT2D eigenvalue weighted by Crippen LogP contribution is -2.57. The highest BCUT2D eigenvalue weighted by Crippen LogP contribution is 2.46. The normalized spacial score (nSPS) is 24.7. The molecule has 0 saturated carbocycles. The highest BCUT2D eigenvalue weighted by molar-refractivity contribution is 5.99. The van der Waals surface area contributed by atoms with Crippen molar-refractivity contribution in [2.75, 3.05) is 4.90 Å². The lowest BCUT2D eigenvalue weighted by atomic mass is 9.91. The summed E-state index contributed by atoms with van der Waals surface area (Å²) in [6.45, 7) is 2.03. The second-order valence-corrected chi connectivity index (χ2v) is 5.23. The highest BCUT2D eigenvalue weighted by Gasteiger charge is 2.47. The lowest BCUT2D eigenvalue weighted by molar-refractivity contribution is -0.122. The summed E-state index contributed by atoms with van der Waals surface area (Å²) in [5.41, 5.74) is 1.35. The molecule has 1 aromatic carbocycles. The SMILES string of the molecule is CC12CCCC(=O)N1c1ccccc1-c1nnnn12. The van der Waals surface area contributed by atoms with E-state index in [0.717, 1.165) is 29.9 Å². The van der Waals surface area contributed by atoms with Crippen LogP contribution in [0.4, 0.5) is 5.69 Å². The van der Waals surface area contributed by atoms with Crippen LogP contribution >= 0.6 is 0 Å². The number of piperidine rings is 1. The first-order valence-corrected chi connectivity index (χ1v) is 6.43. The zero-order valence-corrected chi connectivity index (χ0v) is 10.6. The third-order valence-corrected chi connectivity index (χ3v) is 4.08. The Morgan fingerprint density at radius 1 is 1.32 bits per heavy atom. The topological polar surface area (TPSA) is 63.9 Å². The molecule has 0 radical (unpaired) electrons. The van der Waals surface area contributed by atoms with Gasteiger partial charge in [0.25, 0.3) is 0 Å². The molecule has 96 valence electrons. The van der Waals surface area contributed by atoms with Gasteiger partial charge in [-0.15, -0.1) is 5.10 Å². The van der Waals surface area contributed by atoms with Crippen molar-refractivity contribution in [2.45, 2.75) is 31.8 Å². The minimum atomic E-state index is -0.484. The van der Waals surface area contributed by atoms with Gasteiger partial charge in [0.15, 0.2) is 5.82 Å². The molecule has 1 fully saturated rings. The van der Waals surface area contributed by atoms with Crippen molar-refractivity contribution < 1.29 is 4.79 Å². The number of rotatable bonds is 0. The quantitative estimate of drug-likeness (QED) is 0.716. The molecule has 1 amide bonds. The predicted octanol–water partition coefficient (Wildman–Crippen LogP) is 1.54. The lowest BCUT2D eigenvalue weighted by Gasteiger charge is -2.47. The molecule has 1 aromatic heterocycles. The molecule has 1 unspecified atom stereocenters. The van der Waals surface area contributed by atoms with Gasteiger partial charge < -0.3 is 0 Å². The number of hydrogen-bond acceptors (Lipinski definition) is 4.